The van der Waals surface area contributed by atoms with Gasteiger partial charge in [-0.25, -0.2) is 0 Å². The average molecular weight is 195 g/mol. The molecular formula is C10H13NO3. The Balaban J connectivity index is 3.14. The second kappa shape index (κ2) is 3.57. The van der Waals surface area contributed by atoms with Crippen LogP contribution in [0, 0.1) is 0 Å². The van der Waals surface area contributed by atoms with Gasteiger partial charge in [-0.15, -0.1) is 5.16 Å². The van der Waals surface area contributed by atoms with E-state index in [0.29, 0.717) is 0 Å². The van der Waals surface area contributed by atoms with Crippen molar-refractivity contribution in [1.29, 1.82) is 0 Å². The molecule has 14 heavy (non-hydrogen) atoms. The average Bonchev–Trinajstić information content (AvgIpc) is 2.09. The number of oxime groups is 1. The van der Waals surface area contributed by atoms with Crippen LogP contribution < -0.4 is 0 Å². The number of hydrogen-bond acceptors (Lipinski definition) is 4. The van der Waals surface area contributed by atoms with Crippen molar-refractivity contribution in [2.24, 2.45) is 5.16 Å². The van der Waals surface area contributed by atoms with Gasteiger partial charge in [0.05, 0.1) is 6.21 Å². The van der Waals surface area contributed by atoms with Crippen LogP contribution in [0.3, 0.4) is 0 Å². The molecule has 0 saturated heterocycles. The third-order valence-electron chi connectivity index (χ3n) is 2.10. The molecule has 0 unspecified atom stereocenters. The molecular weight excluding hydrogens is 182 g/mol. The van der Waals surface area contributed by atoms with Gasteiger partial charge in [-0.05, 0) is 17.7 Å². The van der Waals surface area contributed by atoms with Crippen LogP contribution in [0.15, 0.2) is 23.4 Å². The predicted octanol–water partition coefficient (Wildman–Crippen LogP) is 1.84. The highest BCUT2D eigenvalue weighted by molar-refractivity contribution is 5.72. The van der Waals surface area contributed by atoms with E-state index in [4.69, 9.17) is 10.3 Å². The van der Waals surface area contributed by atoms with E-state index in [1.165, 1.54) is 18.3 Å². The molecule has 1 aromatic rings. The van der Waals surface area contributed by atoms with Gasteiger partial charge in [-0.2, -0.15) is 0 Å². The number of benzene rings is 1. The molecule has 76 valence electrons. The van der Waals surface area contributed by atoms with Crippen molar-refractivity contribution in [3.8, 4) is 11.5 Å². The molecule has 0 aliphatic rings. The molecule has 0 radical (unpaired) electrons. The highest BCUT2D eigenvalue weighted by Crippen LogP contribution is 2.30. The molecule has 0 aliphatic heterocycles. The lowest BCUT2D eigenvalue weighted by Crippen LogP contribution is -2.18. The van der Waals surface area contributed by atoms with Crippen LogP contribution >= 0.6 is 0 Å². The van der Waals surface area contributed by atoms with E-state index in [0.717, 1.165) is 5.56 Å². The van der Waals surface area contributed by atoms with Crippen LogP contribution in [0.2, 0.25) is 0 Å². The van der Waals surface area contributed by atoms with Gasteiger partial charge in [0, 0.05) is 5.41 Å². The van der Waals surface area contributed by atoms with Gasteiger partial charge in [-0.3, -0.25) is 0 Å². The molecule has 0 amide bonds. The second-order valence-corrected chi connectivity index (χ2v) is 3.67. The summed E-state index contributed by atoms with van der Waals surface area (Å²) in [5.41, 5.74) is 0.269. The second-order valence-electron chi connectivity index (χ2n) is 3.67. The zero-order valence-corrected chi connectivity index (χ0v) is 8.10. The highest BCUT2D eigenvalue weighted by Gasteiger charge is 2.19. The lowest BCUT2D eigenvalue weighted by Gasteiger charge is -2.19. The zero-order chi connectivity index (χ0) is 10.8. The van der Waals surface area contributed by atoms with E-state index < -0.39 is 5.41 Å². The monoisotopic (exact) mass is 195 g/mol. The van der Waals surface area contributed by atoms with Crippen molar-refractivity contribution in [3.05, 3.63) is 23.8 Å². The first-order valence-electron chi connectivity index (χ1n) is 4.18. The molecule has 0 aliphatic carbocycles. The topological polar surface area (TPSA) is 73.1 Å². The lowest BCUT2D eigenvalue weighted by atomic mass is 9.86. The summed E-state index contributed by atoms with van der Waals surface area (Å²) in [4.78, 5) is 0. The number of aromatic hydroxyl groups is 2. The van der Waals surface area contributed by atoms with Crippen molar-refractivity contribution in [3.63, 3.8) is 0 Å². The summed E-state index contributed by atoms with van der Waals surface area (Å²) in [6.45, 7) is 3.66. The van der Waals surface area contributed by atoms with Crippen LogP contribution in [-0.2, 0) is 5.41 Å². The fourth-order valence-corrected chi connectivity index (χ4v) is 1.14. The van der Waals surface area contributed by atoms with Crippen LogP contribution in [0.1, 0.15) is 19.4 Å². The van der Waals surface area contributed by atoms with Crippen LogP contribution in [0.5, 0.6) is 11.5 Å². The maximum Gasteiger partial charge on any atom is 0.157 e. The predicted molar refractivity (Wildman–Crippen MR) is 53.1 cm³/mol. The van der Waals surface area contributed by atoms with E-state index >= 15 is 0 Å². The van der Waals surface area contributed by atoms with Gasteiger partial charge in [0.25, 0.3) is 0 Å². The smallest absolute Gasteiger partial charge is 0.157 e. The molecule has 3 N–H and O–H groups in total. The van der Waals surface area contributed by atoms with Gasteiger partial charge in [0.1, 0.15) is 0 Å². The number of phenolic OH excluding ortho intramolecular Hbond substituents is 2. The molecule has 0 saturated carbocycles. The van der Waals surface area contributed by atoms with E-state index in [2.05, 4.69) is 5.16 Å². The summed E-state index contributed by atoms with van der Waals surface area (Å²) >= 11 is 0. The minimum Gasteiger partial charge on any atom is -0.504 e. The van der Waals surface area contributed by atoms with E-state index in [-0.39, 0.29) is 11.5 Å². The molecule has 1 rings (SSSR count). The summed E-state index contributed by atoms with van der Waals surface area (Å²) in [6, 6.07) is 4.51. The summed E-state index contributed by atoms with van der Waals surface area (Å²) in [5.74, 6) is -0.340. The normalized spacial score (nSPS) is 12.1. The first kappa shape index (κ1) is 10.4. The van der Waals surface area contributed by atoms with Gasteiger partial charge >= 0.3 is 0 Å². The Labute approximate surface area is 82.1 Å². The van der Waals surface area contributed by atoms with Crippen molar-refractivity contribution in [2.75, 3.05) is 0 Å². The Kier molecular flexibility index (Phi) is 2.65. The molecule has 4 nitrogen and oxygen atoms in total. The number of nitrogens with zero attached hydrogens (tertiary/aromatic N) is 1. The number of hydrogen-bond donors (Lipinski definition) is 3. The number of phenols is 2. The minimum atomic E-state index is -0.486. The van der Waals surface area contributed by atoms with Gasteiger partial charge < -0.3 is 15.4 Å². The van der Waals surface area contributed by atoms with Crippen molar-refractivity contribution in [2.45, 2.75) is 19.3 Å². The van der Waals surface area contributed by atoms with E-state index in [1.54, 1.807) is 6.07 Å². The summed E-state index contributed by atoms with van der Waals surface area (Å²) < 4.78 is 0. The molecule has 0 heterocycles. The van der Waals surface area contributed by atoms with E-state index in [1.807, 2.05) is 13.8 Å². The van der Waals surface area contributed by atoms with Crippen molar-refractivity contribution < 1.29 is 15.4 Å². The fourth-order valence-electron chi connectivity index (χ4n) is 1.14. The van der Waals surface area contributed by atoms with Gasteiger partial charge in [0.15, 0.2) is 11.5 Å². The Bertz CT molecular complexity index is 358. The maximum absolute atomic E-state index is 9.27. The van der Waals surface area contributed by atoms with Crippen molar-refractivity contribution in [1.82, 2.24) is 0 Å². The minimum absolute atomic E-state index is 0.162. The molecule has 0 fully saturated rings. The summed E-state index contributed by atoms with van der Waals surface area (Å²) in [6.07, 6.45) is 1.36. The van der Waals surface area contributed by atoms with Gasteiger partial charge in [-0.1, -0.05) is 19.9 Å². The van der Waals surface area contributed by atoms with Crippen LogP contribution in [-0.4, -0.2) is 21.6 Å². The SMILES string of the molecule is CC(C)(/C=N/O)c1ccc(O)c(O)c1. The van der Waals surface area contributed by atoms with Crippen molar-refractivity contribution >= 4 is 6.21 Å². The maximum atomic E-state index is 9.27. The molecule has 0 bridgehead atoms. The Hall–Kier alpha value is -1.71. The molecule has 0 atom stereocenters. The number of rotatable bonds is 2. The fraction of sp³-hybridized carbons (Fsp3) is 0.300. The summed E-state index contributed by atoms with van der Waals surface area (Å²) in [7, 11) is 0. The van der Waals surface area contributed by atoms with Crippen LogP contribution in [0.25, 0.3) is 0 Å². The zero-order valence-electron chi connectivity index (χ0n) is 8.10. The highest BCUT2D eigenvalue weighted by atomic mass is 16.4. The third-order valence-corrected chi connectivity index (χ3v) is 2.10. The Morgan fingerprint density at radius 1 is 1.21 bits per heavy atom. The Morgan fingerprint density at radius 3 is 2.36 bits per heavy atom. The Morgan fingerprint density at radius 2 is 1.86 bits per heavy atom. The quantitative estimate of drug-likeness (QED) is 0.292. The van der Waals surface area contributed by atoms with Gasteiger partial charge in [0.2, 0.25) is 0 Å². The standard InChI is InChI=1S/C10H13NO3/c1-10(2,6-11-14)7-3-4-8(12)9(13)5-7/h3-6,12-14H,1-2H3/b11-6+. The molecule has 4 heteroatoms. The first-order chi connectivity index (χ1) is 6.47. The lowest BCUT2D eigenvalue weighted by molar-refractivity contribution is 0.317. The summed E-state index contributed by atoms with van der Waals surface area (Å²) in [5, 5.41) is 29.8. The molecule has 0 spiro atoms. The van der Waals surface area contributed by atoms with Crippen LogP contribution in [0.4, 0.5) is 0 Å². The van der Waals surface area contributed by atoms with E-state index in [9.17, 15) is 5.11 Å². The molecule has 1 aromatic carbocycles. The third kappa shape index (κ3) is 1.96. The molecule has 0 aromatic heterocycles. The first-order valence-corrected chi connectivity index (χ1v) is 4.18. The largest absolute Gasteiger partial charge is 0.504 e.